The van der Waals surface area contributed by atoms with Crippen molar-refractivity contribution in [3.8, 4) is 11.5 Å². The minimum absolute atomic E-state index is 0.0935. The third kappa shape index (κ3) is 3.08. The Balaban J connectivity index is 2.33. The lowest BCUT2D eigenvalue weighted by Gasteiger charge is -2.28. The van der Waals surface area contributed by atoms with E-state index in [2.05, 4.69) is 5.32 Å². The van der Waals surface area contributed by atoms with Gasteiger partial charge in [-0.2, -0.15) is 0 Å². The molecule has 5 nitrogen and oxygen atoms in total. The van der Waals surface area contributed by atoms with Gasteiger partial charge in [0.1, 0.15) is 11.5 Å². The fourth-order valence-electron chi connectivity index (χ4n) is 2.01. The van der Waals surface area contributed by atoms with Crippen molar-refractivity contribution in [1.82, 2.24) is 0 Å². The summed E-state index contributed by atoms with van der Waals surface area (Å²) in [6, 6.07) is 13.1. The number of ether oxygens (including phenoxy) is 1. The van der Waals surface area contributed by atoms with E-state index >= 15 is 0 Å². The average molecular weight is 287 g/mol. The number of carbonyl (C=O) groups is 1. The smallest absolute Gasteiger partial charge is 0.333 e. The van der Waals surface area contributed by atoms with Gasteiger partial charge in [0, 0.05) is 5.69 Å². The Bertz CT molecular complexity index is 622. The molecule has 5 heteroatoms. The molecule has 0 saturated heterocycles. The number of hydrogen-bond acceptors (Lipinski definition) is 4. The molecule has 0 saturated carbocycles. The van der Waals surface area contributed by atoms with E-state index in [0.717, 1.165) is 0 Å². The lowest BCUT2D eigenvalue weighted by molar-refractivity contribution is -0.142. The Morgan fingerprint density at radius 3 is 2.14 bits per heavy atom. The summed E-state index contributed by atoms with van der Waals surface area (Å²) in [6.45, 7) is 1.58. The van der Waals surface area contributed by atoms with Crippen LogP contribution in [0.2, 0.25) is 0 Å². The molecule has 1 unspecified atom stereocenters. The minimum atomic E-state index is -1.30. The van der Waals surface area contributed by atoms with E-state index in [1.807, 2.05) is 0 Å². The fraction of sp³-hybridized carbons (Fsp3) is 0.188. The molecule has 2 aromatic carbocycles. The lowest BCUT2D eigenvalue weighted by Crippen LogP contribution is -2.40. The number of aromatic hydroxyl groups is 1. The van der Waals surface area contributed by atoms with Gasteiger partial charge in [-0.05, 0) is 48.9 Å². The average Bonchev–Trinajstić information content (AvgIpc) is 2.48. The summed E-state index contributed by atoms with van der Waals surface area (Å²) >= 11 is 0. The van der Waals surface area contributed by atoms with Crippen molar-refractivity contribution < 1.29 is 19.7 Å². The Morgan fingerprint density at radius 1 is 1.10 bits per heavy atom. The summed E-state index contributed by atoms with van der Waals surface area (Å²) in [5.41, 5.74) is -0.0974. The lowest BCUT2D eigenvalue weighted by atomic mass is 9.91. The van der Waals surface area contributed by atoms with E-state index in [1.165, 1.54) is 12.1 Å². The van der Waals surface area contributed by atoms with Gasteiger partial charge in [-0.15, -0.1) is 0 Å². The number of benzene rings is 2. The van der Waals surface area contributed by atoms with Crippen LogP contribution in [0.25, 0.3) is 0 Å². The van der Waals surface area contributed by atoms with E-state index in [4.69, 9.17) is 4.74 Å². The highest BCUT2D eigenvalue weighted by Crippen LogP contribution is 2.28. The normalized spacial score (nSPS) is 13.2. The van der Waals surface area contributed by atoms with Gasteiger partial charge >= 0.3 is 5.97 Å². The van der Waals surface area contributed by atoms with Gasteiger partial charge in [0.05, 0.1) is 7.11 Å². The number of phenols is 1. The molecule has 110 valence electrons. The fourth-order valence-corrected chi connectivity index (χ4v) is 2.01. The number of carboxylic acid groups (broad SMARTS) is 1. The molecular formula is C16H17NO4. The van der Waals surface area contributed by atoms with Gasteiger partial charge in [0.2, 0.25) is 0 Å². The summed E-state index contributed by atoms with van der Waals surface area (Å²) in [5.74, 6) is -0.220. The first kappa shape index (κ1) is 14.7. The van der Waals surface area contributed by atoms with Crippen molar-refractivity contribution in [1.29, 1.82) is 0 Å². The molecule has 0 radical (unpaired) electrons. The van der Waals surface area contributed by atoms with Crippen LogP contribution >= 0.6 is 0 Å². The summed E-state index contributed by atoms with van der Waals surface area (Å²) in [5, 5.41) is 21.9. The molecule has 3 N–H and O–H groups in total. The number of nitrogens with one attached hydrogen (secondary N) is 1. The molecule has 2 rings (SSSR count). The Morgan fingerprint density at radius 2 is 1.67 bits per heavy atom. The second-order valence-electron chi connectivity index (χ2n) is 4.83. The van der Waals surface area contributed by atoms with Crippen LogP contribution in [0.4, 0.5) is 5.69 Å². The standard InChI is InChI=1S/C16H17NO4/c1-16(15(19)20,11-3-7-13(18)8-4-11)17-12-5-9-14(21-2)10-6-12/h3-10,17-18H,1-2H3,(H,19,20). The first-order chi connectivity index (χ1) is 9.95. The Labute approximate surface area is 122 Å². The summed E-state index contributed by atoms with van der Waals surface area (Å²) in [6.07, 6.45) is 0. The molecular weight excluding hydrogens is 270 g/mol. The highest BCUT2D eigenvalue weighted by Gasteiger charge is 2.35. The first-order valence-electron chi connectivity index (χ1n) is 6.41. The first-order valence-corrected chi connectivity index (χ1v) is 6.41. The van der Waals surface area contributed by atoms with Crippen LogP contribution in [0.5, 0.6) is 11.5 Å². The number of hydrogen-bond donors (Lipinski definition) is 3. The van der Waals surface area contributed by atoms with Gasteiger partial charge in [-0.3, -0.25) is 0 Å². The molecule has 0 bridgehead atoms. The number of phenolic OH excluding ortho intramolecular Hbond substituents is 1. The van der Waals surface area contributed by atoms with Gasteiger partial charge in [-0.1, -0.05) is 12.1 Å². The zero-order chi connectivity index (χ0) is 15.5. The van der Waals surface area contributed by atoms with E-state index in [-0.39, 0.29) is 5.75 Å². The van der Waals surface area contributed by atoms with Crippen molar-refractivity contribution in [2.75, 3.05) is 12.4 Å². The highest BCUT2D eigenvalue weighted by atomic mass is 16.5. The minimum Gasteiger partial charge on any atom is -0.508 e. The maximum absolute atomic E-state index is 11.7. The molecule has 21 heavy (non-hydrogen) atoms. The molecule has 2 aromatic rings. The molecule has 0 aliphatic rings. The summed E-state index contributed by atoms with van der Waals surface area (Å²) < 4.78 is 5.07. The van der Waals surface area contributed by atoms with Gasteiger partial charge in [-0.25, -0.2) is 4.79 Å². The number of rotatable bonds is 5. The highest BCUT2D eigenvalue weighted by molar-refractivity contribution is 5.84. The van der Waals surface area contributed by atoms with Crippen LogP contribution < -0.4 is 10.1 Å². The second-order valence-corrected chi connectivity index (χ2v) is 4.83. The molecule has 0 aliphatic heterocycles. The third-order valence-corrected chi connectivity index (χ3v) is 3.36. The van der Waals surface area contributed by atoms with Crippen LogP contribution in [0.15, 0.2) is 48.5 Å². The van der Waals surface area contributed by atoms with E-state index < -0.39 is 11.5 Å². The van der Waals surface area contributed by atoms with Crippen LogP contribution in [-0.2, 0) is 10.3 Å². The maximum atomic E-state index is 11.7. The Hall–Kier alpha value is -2.69. The predicted octanol–water partition coefficient (Wildman–Crippen LogP) is 2.81. The van der Waals surface area contributed by atoms with Crippen molar-refractivity contribution in [2.45, 2.75) is 12.5 Å². The van der Waals surface area contributed by atoms with E-state index in [1.54, 1.807) is 50.4 Å². The number of methoxy groups -OCH3 is 1. The van der Waals surface area contributed by atoms with Crippen molar-refractivity contribution in [3.05, 3.63) is 54.1 Å². The van der Waals surface area contributed by atoms with Crippen molar-refractivity contribution in [2.24, 2.45) is 0 Å². The van der Waals surface area contributed by atoms with Crippen molar-refractivity contribution in [3.63, 3.8) is 0 Å². The maximum Gasteiger partial charge on any atom is 0.333 e. The summed E-state index contributed by atoms with van der Waals surface area (Å²) in [7, 11) is 1.57. The van der Waals surface area contributed by atoms with Gasteiger partial charge in [0.25, 0.3) is 0 Å². The second kappa shape index (κ2) is 5.75. The molecule has 0 fully saturated rings. The largest absolute Gasteiger partial charge is 0.508 e. The van der Waals surface area contributed by atoms with Crippen LogP contribution in [0.3, 0.4) is 0 Å². The van der Waals surface area contributed by atoms with Crippen LogP contribution in [0, 0.1) is 0 Å². The molecule has 0 heterocycles. The zero-order valence-electron chi connectivity index (χ0n) is 11.8. The third-order valence-electron chi connectivity index (χ3n) is 3.36. The molecule has 0 spiro atoms. The van der Waals surface area contributed by atoms with E-state index in [9.17, 15) is 15.0 Å². The van der Waals surface area contributed by atoms with E-state index in [0.29, 0.717) is 17.0 Å². The quantitative estimate of drug-likeness (QED) is 0.788. The number of anilines is 1. The van der Waals surface area contributed by atoms with Crippen molar-refractivity contribution >= 4 is 11.7 Å². The molecule has 1 atom stereocenters. The van der Waals surface area contributed by atoms with Gasteiger partial charge < -0.3 is 20.3 Å². The number of aliphatic carboxylic acids is 1. The zero-order valence-corrected chi connectivity index (χ0v) is 11.8. The summed E-state index contributed by atoms with van der Waals surface area (Å²) in [4.78, 5) is 11.7. The van der Waals surface area contributed by atoms with Gasteiger partial charge in [0.15, 0.2) is 5.54 Å². The SMILES string of the molecule is COc1ccc(NC(C)(C(=O)O)c2ccc(O)cc2)cc1. The Kier molecular flexibility index (Phi) is 4.03. The number of carboxylic acids is 1. The molecule has 0 aliphatic carbocycles. The molecule has 0 aromatic heterocycles. The monoisotopic (exact) mass is 287 g/mol. The molecule has 0 amide bonds. The topological polar surface area (TPSA) is 78.8 Å². The predicted molar refractivity (Wildman–Crippen MR) is 79.7 cm³/mol. The van der Waals surface area contributed by atoms with Crippen LogP contribution in [-0.4, -0.2) is 23.3 Å². The van der Waals surface area contributed by atoms with Crippen LogP contribution in [0.1, 0.15) is 12.5 Å².